The highest BCUT2D eigenvalue weighted by molar-refractivity contribution is 5.35. The van der Waals surface area contributed by atoms with E-state index in [4.69, 9.17) is 0 Å². The monoisotopic (exact) mass is 233 g/mol. The lowest BCUT2D eigenvalue weighted by Gasteiger charge is -2.35. The van der Waals surface area contributed by atoms with Crippen LogP contribution in [-0.2, 0) is 0 Å². The maximum Gasteiger partial charge on any atom is 0.124 e. The van der Waals surface area contributed by atoms with E-state index in [1.165, 1.54) is 18.8 Å². The van der Waals surface area contributed by atoms with Crippen molar-refractivity contribution in [2.45, 2.75) is 18.5 Å². The van der Waals surface area contributed by atoms with Gasteiger partial charge in [0, 0.05) is 31.7 Å². The summed E-state index contributed by atoms with van der Waals surface area (Å²) in [4.78, 5) is 0. The average molecular weight is 233 g/mol. The number of hydrogen-bond acceptors (Lipinski definition) is 4. The first-order chi connectivity index (χ1) is 8.42. The average Bonchev–Trinajstić information content (AvgIpc) is 2.89. The molecule has 3 unspecified atom stereocenters. The third kappa shape index (κ3) is 1.49. The number of rotatable bonds is 4. The molecule has 4 heterocycles. The van der Waals surface area contributed by atoms with Crippen molar-refractivity contribution in [2.24, 2.45) is 11.8 Å². The second-order valence-electron chi connectivity index (χ2n) is 5.53. The molecule has 4 fully saturated rings. The molecule has 5 nitrogen and oxygen atoms in total. The standard InChI is InChI=1S/C12H19N5/c1-2-16-17(9-5-13-6-9)12(1)15-7-10-8-3-11(10)14-4-8/h1-2,8-11,13-15H,3-7H2. The Morgan fingerprint density at radius 3 is 3.00 bits per heavy atom. The Balaban J connectivity index is 1.40. The topological polar surface area (TPSA) is 53.9 Å². The summed E-state index contributed by atoms with van der Waals surface area (Å²) < 4.78 is 2.13. The van der Waals surface area contributed by atoms with Crippen LogP contribution in [0.15, 0.2) is 12.3 Å². The Kier molecular flexibility index (Phi) is 2.16. The molecule has 17 heavy (non-hydrogen) atoms. The Morgan fingerprint density at radius 1 is 1.41 bits per heavy atom. The zero-order valence-electron chi connectivity index (χ0n) is 9.89. The maximum atomic E-state index is 4.41. The lowest BCUT2D eigenvalue weighted by molar-refractivity contribution is 0.229. The first kappa shape index (κ1) is 9.91. The Labute approximate surface area is 101 Å². The fourth-order valence-electron chi connectivity index (χ4n) is 3.30. The first-order valence-corrected chi connectivity index (χ1v) is 6.63. The number of hydrogen-bond donors (Lipinski definition) is 3. The van der Waals surface area contributed by atoms with Gasteiger partial charge in [-0.2, -0.15) is 5.10 Å². The van der Waals surface area contributed by atoms with Crippen LogP contribution in [0, 0.1) is 11.8 Å². The Bertz CT molecular complexity index is 397. The van der Waals surface area contributed by atoms with E-state index >= 15 is 0 Å². The highest BCUT2D eigenvalue weighted by atomic mass is 15.4. The molecule has 1 aliphatic carbocycles. The fraction of sp³-hybridized carbons (Fsp3) is 0.750. The highest BCUT2D eigenvalue weighted by Gasteiger charge is 2.46. The molecule has 0 aromatic carbocycles. The smallest absolute Gasteiger partial charge is 0.124 e. The van der Waals surface area contributed by atoms with Crippen LogP contribution in [0.1, 0.15) is 12.5 Å². The highest BCUT2D eigenvalue weighted by Crippen LogP contribution is 2.39. The molecule has 0 spiro atoms. The van der Waals surface area contributed by atoms with Gasteiger partial charge in [-0.15, -0.1) is 0 Å². The summed E-state index contributed by atoms with van der Waals surface area (Å²) in [6.45, 7) is 4.41. The molecular formula is C12H19N5. The van der Waals surface area contributed by atoms with Gasteiger partial charge in [-0.1, -0.05) is 0 Å². The van der Waals surface area contributed by atoms with Gasteiger partial charge in [0.2, 0.25) is 0 Å². The van der Waals surface area contributed by atoms with Gasteiger partial charge in [0.1, 0.15) is 5.82 Å². The van der Waals surface area contributed by atoms with E-state index in [0.29, 0.717) is 6.04 Å². The minimum Gasteiger partial charge on any atom is -0.370 e. The van der Waals surface area contributed by atoms with Gasteiger partial charge in [0.25, 0.3) is 0 Å². The molecule has 1 aromatic rings. The van der Waals surface area contributed by atoms with Crippen molar-refractivity contribution >= 4 is 5.82 Å². The SMILES string of the molecule is c1cc(NCC2C3CNC2C3)n(C2CNC2)n1. The van der Waals surface area contributed by atoms with Crippen LogP contribution < -0.4 is 16.0 Å². The molecule has 0 amide bonds. The minimum absolute atomic E-state index is 0.545. The van der Waals surface area contributed by atoms with E-state index in [-0.39, 0.29) is 0 Å². The van der Waals surface area contributed by atoms with Crippen LogP contribution >= 0.6 is 0 Å². The van der Waals surface area contributed by atoms with Gasteiger partial charge in [0.05, 0.1) is 12.2 Å². The van der Waals surface area contributed by atoms with Crippen molar-refractivity contribution < 1.29 is 0 Å². The van der Waals surface area contributed by atoms with Crippen molar-refractivity contribution in [3.63, 3.8) is 0 Å². The molecule has 3 saturated heterocycles. The molecule has 3 aliphatic heterocycles. The Hall–Kier alpha value is -1.07. The van der Waals surface area contributed by atoms with Crippen LogP contribution in [0.3, 0.4) is 0 Å². The molecule has 1 saturated carbocycles. The van der Waals surface area contributed by atoms with Gasteiger partial charge in [-0.05, 0) is 24.8 Å². The molecule has 0 radical (unpaired) electrons. The number of aromatic nitrogens is 2. The molecular weight excluding hydrogens is 214 g/mol. The lowest BCUT2D eigenvalue weighted by Crippen LogP contribution is -2.45. The third-order valence-electron chi connectivity index (χ3n) is 4.62. The summed E-state index contributed by atoms with van der Waals surface area (Å²) >= 11 is 0. The number of fused-ring (bicyclic) bond motifs is 1. The van der Waals surface area contributed by atoms with Gasteiger partial charge in [0.15, 0.2) is 0 Å². The quantitative estimate of drug-likeness (QED) is 0.688. The minimum atomic E-state index is 0.545. The van der Waals surface area contributed by atoms with Gasteiger partial charge < -0.3 is 16.0 Å². The molecule has 92 valence electrons. The first-order valence-electron chi connectivity index (χ1n) is 6.63. The van der Waals surface area contributed by atoms with Crippen LogP contribution in [-0.4, -0.2) is 42.0 Å². The van der Waals surface area contributed by atoms with E-state index in [0.717, 1.165) is 37.5 Å². The van der Waals surface area contributed by atoms with E-state index < -0.39 is 0 Å². The zero-order valence-corrected chi connectivity index (χ0v) is 9.89. The van der Waals surface area contributed by atoms with Crippen LogP contribution in [0.25, 0.3) is 0 Å². The predicted octanol–water partition coefficient (Wildman–Crippen LogP) is 0.0472. The van der Waals surface area contributed by atoms with E-state index in [9.17, 15) is 0 Å². The molecule has 5 rings (SSSR count). The fourth-order valence-corrected chi connectivity index (χ4v) is 3.30. The van der Waals surface area contributed by atoms with E-state index in [1.807, 2.05) is 6.20 Å². The molecule has 4 aliphatic rings. The van der Waals surface area contributed by atoms with Crippen LogP contribution in [0.2, 0.25) is 0 Å². The molecule has 1 aromatic heterocycles. The van der Waals surface area contributed by atoms with Crippen molar-refractivity contribution in [3.8, 4) is 0 Å². The normalized spacial score (nSPS) is 35.4. The molecule has 3 atom stereocenters. The predicted molar refractivity (Wildman–Crippen MR) is 66.0 cm³/mol. The summed E-state index contributed by atoms with van der Waals surface area (Å²) in [6.07, 6.45) is 3.28. The van der Waals surface area contributed by atoms with Gasteiger partial charge in [-0.25, -0.2) is 4.68 Å². The molecule has 3 N–H and O–H groups in total. The van der Waals surface area contributed by atoms with E-state index in [2.05, 4.69) is 31.8 Å². The van der Waals surface area contributed by atoms with E-state index in [1.54, 1.807) is 0 Å². The second kappa shape index (κ2) is 3.71. The van der Waals surface area contributed by atoms with Crippen LogP contribution in [0.5, 0.6) is 0 Å². The second-order valence-corrected chi connectivity index (χ2v) is 5.53. The van der Waals surface area contributed by atoms with Crippen molar-refractivity contribution in [2.75, 3.05) is 31.5 Å². The lowest BCUT2D eigenvalue weighted by atomic mass is 9.74. The van der Waals surface area contributed by atoms with Crippen LogP contribution in [0.4, 0.5) is 5.82 Å². The summed E-state index contributed by atoms with van der Waals surface area (Å²) in [5.74, 6) is 2.93. The molecule has 5 heteroatoms. The largest absolute Gasteiger partial charge is 0.370 e. The maximum absolute atomic E-state index is 4.41. The Morgan fingerprint density at radius 2 is 2.35 bits per heavy atom. The number of nitrogens with zero attached hydrogens (tertiary/aromatic N) is 2. The number of nitrogens with one attached hydrogen (secondary N) is 3. The number of anilines is 1. The van der Waals surface area contributed by atoms with Crippen molar-refractivity contribution in [3.05, 3.63) is 12.3 Å². The molecule has 2 bridgehead atoms. The third-order valence-corrected chi connectivity index (χ3v) is 4.62. The summed E-state index contributed by atoms with van der Waals surface area (Å²) in [5.41, 5.74) is 0. The summed E-state index contributed by atoms with van der Waals surface area (Å²) in [7, 11) is 0. The summed E-state index contributed by atoms with van der Waals surface area (Å²) in [6, 6.07) is 3.41. The summed E-state index contributed by atoms with van der Waals surface area (Å²) in [5, 5.41) is 14.8. The van der Waals surface area contributed by atoms with Crippen molar-refractivity contribution in [1.82, 2.24) is 20.4 Å². The van der Waals surface area contributed by atoms with Gasteiger partial charge in [-0.3, -0.25) is 0 Å². The van der Waals surface area contributed by atoms with Gasteiger partial charge >= 0.3 is 0 Å². The van der Waals surface area contributed by atoms with Crippen molar-refractivity contribution in [1.29, 1.82) is 0 Å². The zero-order chi connectivity index (χ0) is 11.2.